The van der Waals surface area contributed by atoms with Crippen LogP contribution < -0.4 is 10.7 Å². The molecular weight excluding hydrogens is 533 g/mol. The molecule has 3 heterocycles. The Bertz CT molecular complexity index is 1640. The topological polar surface area (TPSA) is 84.3 Å². The van der Waals surface area contributed by atoms with E-state index in [2.05, 4.69) is 10.3 Å². The van der Waals surface area contributed by atoms with Crippen molar-refractivity contribution in [3.8, 4) is 11.3 Å². The van der Waals surface area contributed by atoms with Gasteiger partial charge in [0.05, 0.1) is 16.8 Å². The van der Waals surface area contributed by atoms with Crippen LogP contribution in [0, 0.1) is 0 Å². The summed E-state index contributed by atoms with van der Waals surface area (Å²) in [7, 11) is 1.69. The summed E-state index contributed by atoms with van der Waals surface area (Å²) in [4.78, 5) is 43.6. The first kappa shape index (κ1) is 27.8. The Balaban J connectivity index is 1.24. The molecule has 0 bridgehead atoms. The van der Waals surface area contributed by atoms with E-state index in [1.807, 2.05) is 24.3 Å². The number of alkyl halides is 3. The lowest BCUT2D eigenvalue weighted by atomic mass is 9.89. The molecule has 7 nitrogen and oxygen atoms in total. The molecule has 1 aliphatic rings. The van der Waals surface area contributed by atoms with Gasteiger partial charge in [-0.2, -0.15) is 13.2 Å². The number of likely N-dealkylation sites (tertiary alicyclic amines) is 1. The normalized spacial score (nSPS) is 14.1. The van der Waals surface area contributed by atoms with Crippen LogP contribution in [0.4, 0.5) is 18.9 Å². The Morgan fingerprint density at radius 3 is 2.39 bits per heavy atom. The van der Waals surface area contributed by atoms with Crippen LogP contribution in [0.15, 0.2) is 90.0 Å². The van der Waals surface area contributed by atoms with Gasteiger partial charge in [0.25, 0.3) is 11.8 Å². The third-order valence-corrected chi connectivity index (χ3v) is 7.28. The summed E-state index contributed by atoms with van der Waals surface area (Å²) >= 11 is 0. The first-order chi connectivity index (χ1) is 19.6. The van der Waals surface area contributed by atoms with Crippen LogP contribution in [0.2, 0.25) is 0 Å². The fraction of sp³-hybridized carbons (Fsp3) is 0.226. The predicted molar refractivity (Wildman–Crippen MR) is 149 cm³/mol. The van der Waals surface area contributed by atoms with Crippen LogP contribution in [0.1, 0.15) is 50.7 Å². The zero-order valence-electron chi connectivity index (χ0n) is 22.2. The number of nitrogens with one attached hydrogen (secondary N) is 1. The van der Waals surface area contributed by atoms with Crippen molar-refractivity contribution in [3.05, 3.63) is 118 Å². The van der Waals surface area contributed by atoms with Crippen molar-refractivity contribution >= 4 is 17.5 Å². The summed E-state index contributed by atoms with van der Waals surface area (Å²) in [6.45, 7) is 0.974. The molecule has 1 aliphatic heterocycles. The molecule has 1 fully saturated rings. The number of aromatic nitrogens is 2. The largest absolute Gasteiger partial charge is 0.416 e. The predicted octanol–water partition coefficient (Wildman–Crippen LogP) is 5.74. The second-order valence-electron chi connectivity index (χ2n) is 9.98. The number of carbonyl (C=O) groups excluding carboxylic acids is 2. The third kappa shape index (κ3) is 6.21. The van der Waals surface area contributed by atoms with Gasteiger partial charge in [0, 0.05) is 55.9 Å². The molecule has 2 aromatic heterocycles. The lowest BCUT2D eigenvalue weighted by Gasteiger charge is -2.32. The van der Waals surface area contributed by atoms with Gasteiger partial charge in [-0.25, -0.2) is 0 Å². The van der Waals surface area contributed by atoms with Crippen molar-refractivity contribution in [2.45, 2.75) is 24.9 Å². The van der Waals surface area contributed by atoms with E-state index in [0.29, 0.717) is 31.6 Å². The molecule has 0 radical (unpaired) electrons. The lowest BCUT2D eigenvalue weighted by Crippen LogP contribution is -2.38. The molecule has 0 spiro atoms. The number of benzene rings is 2. The molecule has 0 atom stereocenters. The average Bonchev–Trinajstić information content (AvgIpc) is 2.98. The number of pyridine rings is 2. The van der Waals surface area contributed by atoms with Gasteiger partial charge in [-0.05, 0) is 60.7 Å². The number of rotatable bonds is 5. The van der Waals surface area contributed by atoms with Gasteiger partial charge in [0.2, 0.25) is 0 Å². The Morgan fingerprint density at radius 1 is 0.951 bits per heavy atom. The standard InChI is InChI=1S/C31H27F3N4O3/c1-37-15-13-25(39)19-27(37)29(40)36-24-9-7-20(8-10-24)21-11-16-38(17-12-21)30(41)26-6-3-14-35-28(26)22-4-2-5-23(18-22)31(32,33)34/h2-10,13-15,18-19,21H,11-12,16-17H2,1H3,(H,36,40). The number of hydrogen-bond donors (Lipinski definition) is 1. The maximum atomic E-state index is 13.4. The molecule has 4 aromatic rings. The fourth-order valence-electron chi connectivity index (χ4n) is 5.05. The Hall–Kier alpha value is -4.73. The SMILES string of the molecule is Cn1ccc(=O)cc1C(=O)Nc1ccc(C2CCN(C(=O)c3cccnc3-c3cccc(C(F)(F)F)c3)CC2)cc1. The Kier molecular flexibility index (Phi) is 7.74. The lowest BCUT2D eigenvalue weighted by molar-refractivity contribution is -0.137. The first-order valence-corrected chi connectivity index (χ1v) is 13.1. The highest BCUT2D eigenvalue weighted by molar-refractivity contribution is 6.03. The van der Waals surface area contributed by atoms with Gasteiger partial charge in [-0.3, -0.25) is 19.4 Å². The van der Waals surface area contributed by atoms with E-state index in [1.165, 1.54) is 36.7 Å². The molecule has 1 N–H and O–H groups in total. The number of amides is 2. The van der Waals surface area contributed by atoms with Crippen LogP contribution in [0.5, 0.6) is 0 Å². The van der Waals surface area contributed by atoms with Crippen LogP contribution >= 0.6 is 0 Å². The van der Waals surface area contributed by atoms with Crippen LogP contribution in [0.25, 0.3) is 11.3 Å². The second kappa shape index (κ2) is 11.4. The van der Waals surface area contributed by atoms with Crippen LogP contribution in [0.3, 0.4) is 0 Å². The molecule has 0 unspecified atom stereocenters. The van der Waals surface area contributed by atoms with Gasteiger partial charge in [-0.15, -0.1) is 0 Å². The van der Waals surface area contributed by atoms with Gasteiger partial charge in [0.1, 0.15) is 5.69 Å². The van der Waals surface area contributed by atoms with Crippen molar-refractivity contribution in [1.29, 1.82) is 0 Å². The minimum Gasteiger partial charge on any atom is -0.346 e. The van der Waals surface area contributed by atoms with Crippen molar-refractivity contribution in [3.63, 3.8) is 0 Å². The molecule has 41 heavy (non-hydrogen) atoms. The minimum absolute atomic E-state index is 0.204. The molecule has 0 aliphatic carbocycles. The van der Waals surface area contributed by atoms with Crippen LogP contribution in [-0.4, -0.2) is 39.4 Å². The molecule has 2 amide bonds. The zero-order chi connectivity index (χ0) is 29.1. The first-order valence-electron chi connectivity index (χ1n) is 13.1. The number of hydrogen-bond acceptors (Lipinski definition) is 4. The molecule has 5 rings (SSSR count). The molecule has 210 valence electrons. The molecule has 0 saturated carbocycles. The van der Waals surface area contributed by atoms with Crippen LogP contribution in [-0.2, 0) is 13.2 Å². The van der Waals surface area contributed by atoms with Crippen molar-refractivity contribution in [2.75, 3.05) is 18.4 Å². The quantitative estimate of drug-likeness (QED) is 0.338. The van der Waals surface area contributed by atoms with E-state index in [9.17, 15) is 27.6 Å². The summed E-state index contributed by atoms with van der Waals surface area (Å²) in [5, 5.41) is 2.81. The zero-order valence-corrected chi connectivity index (χ0v) is 22.2. The second-order valence-corrected chi connectivity index (χ2v) is 9.98. The van der Waals surface area contributed by atoms with Gasteiger partial charge in [-0.1, -0.05) is 24.3 Å². The minimum atomic E-state index is -4.50. The monoisotopic (exact) mass is 560 g/mol. The van der Waals surface area contributed by atoms with Crippen molar-refractivity contribution in [1.82, 2.24) is 14.5 Å². The maximum absolute atomic E-state index is 13.4. The van der Waals surface area contributed by atoms with E-state index in [-0.39, 0.29) is 45.7 Å². The van der Waals surface area contributed by atoms with Gasteiger partial charge < -0.3 is 14.8 Å². The summed E-state index contributed by atoms with van der Waals surface area (Å²) < 4.78 is 41.4. The number of aryl methyl sites for hydroxylation is 1. The number of piperidine rings is 1. The summed E-state index contributed by atoms with van der Waals surface area (Å²) in [6, 6.07) is 18.2. The number of anilines is 1. The van der Waals surface area contributed by atoms with Crippen molar-refractivity contribution < 1.29 is 22.8 Å². The highest BCUT2D eigenvalue weighted by atomic mass is 19.4. The number of nitrogens with zero attached hydrogens (tertiary/aromatic N) is 3. The molecule has 1 saturated heterocycles. The average molecular weight is 561 g/mol. The number of carbonyl (C=O) groups is 2. The number of halogens is 3. The highest BCUT2D eigenvalue weighted by Gasteiger charge is 2.31. The van der Waals surface area contributed by atoms with E-state index < -0.39 is 11.7 Å². The van der Waals surface area contributed by atoms with E-state index in [1.54, 1.807) is 28.6 Å². The Labute approximate surface area is 234 Å². The maximum Gasteiger partial charge on any atom is 0.416 e. The molecule has 10 heteroatoms. The van der Waals surface area contributed by atoms with Gasteiger partial charge >= 0.3 is 6.18 Å². The molecular formula is C31H27F3N4O3. The molecule has 2 aromatic carbocycles. The third-order valence-electron chi connectivity index (χ3n) is 7.28. The Morgan fingerprint density at radius 2 is 1.68 bits per heavy atom. The van der Waals surface area contributed by atoms with Crippen molar-refractivity contribution in [2.24, 2.45) is 7.05 Å². The van der Waals surface area contributed by atoms with E-state index >= 15 is 0 Å². The van der Waals surface area contributed by atoms with Gasteiger partial charge in [0.15, 0.2) is 5.43 Å². The summed E-state index contributed by atoms with van der Waals surface area (Å²) in [5.41, 5.74) is 1.61. The smallest absolute Gasteiger partial charge is 0.346 e. The van der Waals surface area contributed by atoms with E-state index in [4.69, 9.17) is 0 Å². The summed E-state index contributed by atoms with van der Waals surface area (Å²) in [6.07, 6.45) is -0.0721. The highest BCUT2D eigenvalue weighted by Crippen LogP contribution is 2.34. The van der Waals surface area contributed by atoms with E-state index in [0.717, 1.165) is 17.7 Å². The summed E-state index contributed by atoms with van der Waals surface area (Å²) in [5.74, 6) is -0.447. The fourth-order valence-corrected chi connectivity index (χ4v) is 5.05.